The number of allylic oxidation sites excluding steroid dienone is 1. The summed E-state index contributed by atoms with van der Waals surface area (Å²) in [5.41, 5.74) is 0. The van der Waals surface area contributed by atoms with E-state index >= 15 is 0 Å². The first-order valence-corrected chi connectivity index (χ1v) is 3.10. The Kier molecular flexibility index (Phi) is 5.17. The zero-order valence-electron chi connectivity index (χ0n) is 5.71. The molecule has 0 aromatic carbocycles. The first kappa shape index (κ1) is 8.77. The molecule has 0 amide bonds. The van der Waals surface area contributed by atoms with E-state index in [0.717, 1.165) is 18.9 Å². The molecule has 0 aliphatic rings. The molecule has 0 spiro atoms. The van der Waals surface area contributed by atoms with E-state index in [-0.39, 0.29) is 0 Å². The molecule has 0 unspecified atom stereocenters. The van der Waals surface area contributed by atoms with Crippen LogP contribution in [0.3, 0.4) is 0 Å². The SMILES string of the molecule is C#CCCCC=CC(=O)O. The molecule has 1 N–H and O–H groups in total. The van der Waals surface area contributed by atoms with Gasteiger partial charge in [-0.15, -0.1) is 12.3 Å². The number of carboxylic acids is 1. The minimum Gasteiger partial charge on any atom is -0.478 e. The van der Waals surface area contributed by atoms with Gasteiger partial charge in [0.05, 0.1) is 0 Å². The lowest BCUT2D eigenvalue weighted by atomic mass is 10.2. The van der Waals surface area contributed by atoms with Gasteiger partial charge in [-0.05, 0) is 12.8 Å². The highest BCUT2D eigenvalue weighted by Crippen LogP contribution is 1.94. The van der Waals surface area contributed by atoms with Crippen LogP contribution in [-0.4, -0.2) is 11.1 Å². The quantitative estimate of drug-likeness (QED) is 0.362. The van der Waals surface area contributed by atoms with E-state index in [1.165, 1.54) is 0 Å². The molecule has 0 aliphatic carbocycles. The van der Waals surface area contributed by atoms with Crippen molar-refractivity contribution in [3.63, 3.8) is 0 Å². The third-order valence-electron chi connectivity index (χ3n) is 0.952. The van der Waals surface area contributed by atoms with Gasteiger partial charge in [0.1, 0.15) is 0 Å². The van der Waals surface area contributed by atoms with Crippen molar-refractivity contribution in [3.05, 3.63) is 12.2 Å². The fourth-order valence-electron chi connectivity index (χ4n) is 0.506. The first-order chi connectivity index (χ1) is 4.77. The summed E-state index contributed by atoms with van der Waals surface area (Å²) in [5.74, 6) is 1.57. The third-order valence-corrected chi connectivity index (χ3v) is 0.952. The highest BCUT2D eigenvalue weighted by Gasteiger charge is 1.83. The molecule has 0 saturated heterocycles. The van der Waals surface area contributed by atoms with Crippen LogP contribution in [0.2, 0.25) is 0 Å². The summed E-state index contributed by atoms with van der Waals surface area (Å²) in [6, 6.07) is 0. The number of aliphatic carboxylic acids is 1. The fraction of sp³-hybridized carbons (Fsp3) is 0.375. The van der Waals surface area contributed by atoms with E-state index in [1.807, 2.05) is 0 Å². The van der Waals surface area contributed by atoms with Gasteiger partial charge in [0.2, 0.25) is 0 Å². The molecule has 54 valence electrons. The molecule has 0 rings (SSSR count). The second-order valence-corrected chi connectivity index (χ2v) is 1.84. The molecule has 10 heavy (non-hydrogen) atoms. The standard InChI is InChI=1S/C8H10O2/c1-2-3-4-5-6-7-8(9)10/h1,6-7H,3-5H2,(H,9,10). The van der Waals surface area contributed by atoms with Gasteiger partial charge in [-0.2, -0.15) is 0 Å². The van der Waals surface area contributed by atoms with Crippen molar-refractivity contribution >= 4 is 5.97 Å². The molecule has 0 bridgehead atoms. The van der Waals surface area contributed by atoms with Crippen molar-refractivity contribution in [2.75, 3.05) is 0 Å². The maximum absolute atomic E-state index is 9.90. The molecule has 0 aliphatic heterocycles. The summed E-state index contributed by atoms with van der Waals surface area (Å²) in [6.07, 6.45) is 10.0. The van der Waals surface area contributed by atoms with E-state index < -0.39 is 5.97 Å². The van der Waals surface area contributed by atoms with Gasteiger partial charge in [0.25, 0.3) is 0 Å². The summed E-state index contributed by atoms with van der Waals surface area (Å²) in [4.78, 5) is 9.90. The van der Waals surface area contributed by atoms with Crippen LogP contribution >= 0.6 is 0 Å². The van der Waals surface area contributed by atoms with Crippen LogP contribution in [0, 0.1) is 12.3 Å². The van der Waals surface area contributed by atoms with E-state index in [0.29, 0.717) is 6.42 Å². The van der Waals surface area contributed by atoms with Crippen molar-refractivity contribution in [3.8, 4) is 12.3 Å². The topological polar surface area (TPSA) is 37.3 Å². The monoisotopic (exact) mass is 138 g/mol. The number of carboxylic acid groups (broad SMARTS) is 1. The molecule has 2 nitrogen and oxygen atoms in total. The van der Waals surface area contributed by atoms with Gasteiger partial charge in [-0.1, -0.05) is 6.08 Å². The fourth-order valence-corrected chi connectivity index (χ4v) is 0.506. The van der Waals surface area contributed by atoms with Crippen LogP contribution < -0.4 is 0 Å². The number of terminal acetylenes is 1. The number of hydrogen-bond acceptors (Lipinski definition) is 1. The first-order valence-electron chi connectivity index (χ1n) is 3.10. The predicted octanol–water partition coefficient (Wildman–Crippen LogP) is 1.43. The summed E-state index contributed by atoms with van der Waals surface area (Å²) >= 11 is 0. The van der Waals surface area contributed by atoms with Crippen LogP contribution in [0.1, 0.15) is 19.3 Å². The average Bonchev–Trinajstić information content (AvgIpc) is 1.87. The minimum atomic E-state index is -0.902. The third kappa shape index (κ3) is 6.77. The Bertz CT molecular complexity index is 163. The van der Waals surface area contributed by atoms with Gasteiger partial charge in [-0.3, -0.25) is 0 Å². The van der Waals surface area contributed by atoms with Gasteiger partial charge >= 0.3 is 5.97 Å². The molecule has 0 radical (unpaired) electrons. The smallest absolute Gasteiger partial charge is 0.327 e. The van der Waals surface area contributed by atoms with E-state index in [4.69, 9.17) is 11.5 Å². The number of hydrogen-bond donors (Lipinski definition) is 1. The summed E-state index contributed by atoms with van der Waals surface area (Å²) in [7, 11) is 0. The van der Waals surface area contributed by atoms with Crippen LogP contribution in [0.4, 0.5) is 0 Å². The summed E-state index contributed by atoms with van der Waals surface area (Å²) in [6.45, 7) is 0. The Morgan fingerprint density at radius 2 is 2.40 bits per heavy atom. The van der Waals surface area contributed by atoms with Gasteiger partial charge in [-0.25, -0.2) is 4.79 Å². The summed E-state index contributed by atoms with van der Waals surface area (Å²) < 4.78 is 0. The zero-order chi connectivity index (χ0) is 7.82. The van der Waals surface area contributed by atoms with Crippen LogP contribution in [0.25, 0.3) is 0 Å². The Morgan fingerprint density at radius 1 is 1.70 bits per heavy atom. The molecule has 0 atom stereocenters. The minimum absolute atomic E-state index is 0.712. The maximum Gasteiger partial charge on any atom is 0.327 e. The zero-order valence-corrected chi connectivity index (χ0v) is 5.71. The van der Waals surface area contributed by atoms with E-state index in [9.17, 15) is 4.79 Å². The van der Waals surface area contributed by atoms with Crippen molar-refractivity contribution in [1.82, 2.24) is 0 Å². The number of rotatable bonds is 4. The van der Waals surface area contributed by atoms with E-state index in [2.05, 4.69) is 5.92 Å². The van der Waals surface area contributed by atoms with Crippen molar-refractivity contribution in [2.45, 2.75) is 19.3 Å². The highest BCUT2D eigenvalue weighted by molar-refractivity contribution is 5.79. The Balaban J connectivity index is 3.20. The molecular weight excluding hydrogens is 128 g/mol. The van der Waals surface area contributed by atoms with Crippen molar-refractivity contribution in [1.29, 1.82) is 0 Å². The van der Waals surface area contributed by atoms with Crippen LogP contribution in [-0.2, 0) is 4.79 Å². The molecule has 0 heterocycles. The molecular formula is C8H10O2. The normalized spacial score (nSPS) is 9.50. The van der Waals surface area contributed by atoms with Crippen molar-refractivity contribution < 1.29 is 9.90 Å². The Labute approximate surface area is 60.6 Å². The lowest BCUT2D eigenvalue weighted by Crippen LogP contribution is -1.85. The molecule has 0 fully saturated rings. The molecule has 2 heteroatoms. The van der Waals surface area contributed by atoms with Gasteiger partial charge in [0.15, 0.2) is 0 Å². The van der Waals surface area contributed by atoms with Crippen molar-refractivity contribution in [2.24, 2.45) is 0 Å². The molecule has 0 aromatic heterocycles. The van der Waals surface area contributed by atoms with Crippen LogP contribution in [0.5, 0.6) is 0 Å². The molecule has 0 aromatic rings. The number of carbonyl (C=O) groups is 1. The number of unbranched alkanes of at least 4 members (excludes halogenated alkanes) is 2. The van der Waals surface area contributed by atoms with Gasteiger partial charge in [0, 0.05) is 12.5 Å². The maximum atomic E-state index is 9.90. The average molecular weight is 138 g/mol. The molecule has 0 saturated carbocycles. The van der Waals surface area contributed by atoms with Crippen LogP contribution in [0.15, 0.2) is 12.2 Å². The second-order valence-electron chi connectivity index (χ2n) is 1.84. The summed E-state index contributed by atoms with van der Waals surface area (Å²) in [5, 5.41) is 8.14. The lowest BCUT2D eigenvalue weighted by molar-refractivity contribution is -0.131. The Hall–Kier alpha value is -1.23. The largest absolute Gasteiger partial charge is 0.478 e. The Morgan fingerprint density at radius 3 is 2.90 bits per heavy atom. The highest BCUT2D eigenvalue weighted by atomic mass is 16.4. The second kappa shape index (κ2) is 5.90. The van der Waals surface area contributed by atoms with E-state index in [1.54, 1.807) is 6.08 Å². The van der Waals surface area contributed by atoms with Gasteiger partial charge < -0.3 is 5.11 Å². The predicted molar refractivity (Wildman–Crippen MR) is 39.5 cm³/mol. The lowest BCUT2D eigenvalue weighted by Gasteiger charge is -1.85.